The van der Waals surface area contributed by atoms with E-state index in [2.05, 4.69) is 36.1 Å². The number of hydrogen-bond acceptors (Lipinski definition) is 5. The van der Waals surface area contributed by atoms with Crippen molar-refractivity contribution in [2.45, 2.75) is 59.4 Å². The Kier molecular flexibility index (Phi) is 5.26. The standard InChI is InChI=1S/C16H28N4O/c1-10(2)9-21-16-14(17)15(18-12(4)19-16)20-13-8-6-5-7-11(13)3/h10-11,13H,5-9,17H2,1-4H3,(H,18,19,20). The highest BCUT2D eigenvalue weighted by Gasteiger charge is 2.23. The number of aryl methyl sites for hydroxylation is 1. The van der Waals surface area contributed by atoms with Gasteiger partial charge in [-0.05, 0) is 31.6 Å². The fourth-order valence-electron chi connectivity index (χ4n) is 2.73. The highest BCUT2D eigenvalue weighted by molar-refractivity contribution is 5.67. The SMILES string of the molecule is Cc1nc(NC2CCCCC2C)c(N)c(OCC(C)C)n1. The van der Waals surface area contributed by atoms with E-state index < -0.39 is 0 Å². The number of nitrogens with two attached hydrogens (primary N) is 1. The number of rotatable bonds is 5. The van der Waals surface area contributed by atoms with Crippen molar-refractivity contribution in [2.24, 2.45) is 11.8 Å². The third-order valence-corrected chi connectivity index (χ3v) is 4.01. The molecule has 5 heteroatoms. The normalized spacial score (nSPS) is 22.3. The van der Waals surface area contributed by atoms with E-state index in [0.717, 1.165) is 5.82 Å². The van der Waals surface area contributed by atoms with Gasteiger partial charge in [0.2, 0.25) is 5.88 Å². The Labute approximate surface area is 127 Å². The lowest BCUT2D eigenvalue weighted by atomic mass is 9.86. The number of nitrogens with one attached hydrogen (secondary N) is 1. The molecule has 2 unspecified atom stereocenters. The number of nitrogen functional groups attached to an aromatic ring is 1. The van der Waals surface area contributed by atoms with Crippen LogP contribution in [0.5, 0.6) is 5.88 Å². The van der Waals surface area contributed by atoms with Crippen molar-refractivity contribution in [3.8, 4) is 5.88 Å². The first-order chi connectivity index (χ1) is 9.97. The van der Waals surface area contributed by atoms with Crippen LogP contribution in [0.4, 0.5) is 11.5 Å². The zero-order valence-corrected chi connectivity index (χ0v) is 13.6. The molecule has 1 aliphatic carbocycles. The van der Waals surface area contributed by atoms with E-state index in [1.807, 2.05) is 6.92 Å². The van der Waals surface area contributed by atoms with E-state index in [0.29, 0.717) is 41.9 Å². The van der Waals surface area contributed by atoms with Crippen LogP contribution in [0.15, 0.2) is 0 Å². The molecule has 0 aliphatic heterocycles. The molecule has 0 spiro atoms. The molecular formula is C16H28N4O. The largest absolute Gasteiger partial charge is 0.476 e. The minimum atomic E-state index is 0.438. The molecule has 0 amide bonds. The first-order valence-corrected chi connectivity index (χ1v) is 8.00. The molecule has 1 fully saturated rings. The summed E-state index contributed by atoms with van der Waals surface area (Å²) in [5.41, 5.74) is 6.72. The van der Waals surface area contributed by atoms with Crippen LogP contribution < -0.4 is 15.8 Å². The average Bonchev–Trinajstić information content (AvgIpc) is 2.43. The molecule has 21 heavy (non-hydrogen) atoms. The zero-order chi connectivity index (χ0) is 15.4. The summed E-state index contributed by atoms with van der Waals surface area (Å²) in [6.45, 7) is 8.98. The van der Waals surface area contributed by atoms with E-state index in [4.69, 9.17) is 10.5 Å². The van der Waals surface area contributed by atoms with Crippen LogP contribution in [0.25, 0.3) is 0 Å². The lowest BCUT2D eigenvalue weighted by Crippen LogP contribution is -2.31. The summed E-state index contributed by atoms with van der Waals surface area (Å²) in [5, 5.41) is 3.51. The fraction of sp³-hybridized carbons (Fsp3) is 0.750. The molecule has 0 saturated heterocycles. The van der Waals surface area contributed by atoms with E-state index in [-0.39, 0.29) is 0 Å². The average molecular weight is 292 g/mol. The molecule has 1 aromatic heterocycles. The first kappa shape index (κ1) is 15.9. The topological polar surface area (TPSA) is 73.1 Å². The van der Waals surface area contributed by atoms with Gasteiger partial charge in [0, 0.05) is 6.04 Å². The Balaban J connectivity index is 2.14. The smallest absolute Gasteiger partial charge is 0.242 e. The Morgan fingerprint density at radius 3 is 2.67 bits per heavy atom. The van der Waals surface area contributed by atoms with Crippen molar-refractivity contribution < 1.29 is 4.74 Å². The molecule has 3 N–H and O–H groups in total. The third kappa shape index (κ3) is 4.22. The summed E-state index contributed by atoms with van der Waals surface area (Å²) in [4.78, 5) is 8.78. The maximum atomic E-state index is 6.19. The van der Waals surface area contributed by atoms with Crippen LogP contribution in [-0.4, -0.2) is 22.6 Å². The highest BCUT2D eigenvalue weighted by Crippen LogP contribution is 2.31. The summed E-state index contributed by atoms with van der Waals surface area (Å²) in [6, 6.07) is 0.438. The third-order valence-electron chi connectivity index (χ3n) is 4.01. The molecular weight excluding hydrogens is 264 g/mol. The molecule has 2 atom stereocenters. The summed E-state index contributed by atoms with van der Waals surface area (Å²) >= 11 is 0. The Morgan fingerprint density at radius 1 is 1.29 bits per heavy atom. The van der Waals surface area contributed by atoms with Gasteiger partial charge in [-0.2, -0.15) is 4.98 Å². The van der Waals surface area contributed by atoms with E-state index >= 15 is 0 Å². The second-order valence-electron chi connectivity index (χ2n) is 6.56. The summed E-state index contributed by atoms with van der Waals surface area (Å²) in [6.07, 6.45) is 5.02. The number of ether oxygens (including phenoxy) is 1. The van der Waals surface area contributed by atoms with Crippen LogP contribution in [0.2, 0.25) is 0 Å². The minimum absolute atomic E-state index is 0.438. The zero-order valence-electron chi connectivity index (χ0n) is 13.6. The van der Waals surface area contributed by atoms with Crippen molar-refractivity contribution in [1.29, 1.82) is 0 Å². The number of hydrogen-bond donors (Lipinski definition) is 2. The molecule has 1 saturated carbocycles. The molecule has 1 aliphatic rings. The van der Waals surface area contributed by atoms with Crippen molar-refractivity contribution in [2.75, 3.05) is 17.7 Å². The summed E-state index contributed by atoms with van der Waals surface area (Å²) < 4.78 is 5.72. The second kappa shape index (κ2) is 6.96. The Hall–Kier alpha value is -1.52. The lowest BCUT2D eigenvalue weighted by molar-refractivity contribution is 0.262. The van der Waals surface area contributed by atoms with Crippen molar-refractivity contribution in [1.82, 2.24) is 9.97 Å². The molecule has 118 valence electrons. The van der Waals surface area contributed by atoms with Gasteiger partial charge in [-0.3, -0.25) is 0 Å². The van der Waals surface area contributed by atoms with Crippen molar-refractivity contribution in [3.63, 3.8) is 0 Å². The number of aromatic nitrogens is 2. The van der Waals surface area contributed by atoms with E-state index in [1.54, 1.807) is 0 Å². The van der Waals surface area contributed by atoms with E-state index in [9.17, 15) is 0 Å². The second-order valence-corrected chi connectivity index (χ2v) is 6.56. The predicted molar refractivity (Wildman–Crippen MR) is 86.6 cm³/mol. The first-order valence-electron chi connectivity index (χ1n) is 8.00. The minimum Gasteiger partial charge on any atom is -0.476 e. The van der Waals surface area contributed by atoms with Crippen LogP contribution in [-0.2, 0) is 0 Å². The van der Waals surface area contributed by atoms with Crippen LogP contribution in [0, 0.1) is 18.8 Å². The monoisotopic (exact) mass is 292 g/mol. The fourth-order valence-corrected chi connectivity index (χ4v) is 2.73. The van der Waals surface area contributed by atoms with Crippen molar-refractivity contribution in [3.05, 3.63) is 5.82 Å². The van der Waals surface area contributed by atoms with Crippen LogP contribution in [0.3, 0.4) is 0 Å². The highest BCUT2D eigenvalue weighted by atomic mass is 16.5. The molecule has 0 bridgehead atoms. The quantitative estimate of drug-likeness (QED) is 0.870. The van der Waals surface area contributed by atoms with Gasteiger partial charge >= 0.3 is 0 Å². The maximum Gasteiger partial charge on any atom is 0.242 e. The van der Waals surface area contributed by atoms with Gasteiger partial charge in [-0.1, -0.05) is 33.6 Å². The molecule has 0 radical (unpaired) electrons. The van der Waals surface area contributed by atoms with E-state index in [1.165, 1.54) is 25.7 Å². The predicted octanol–water partition coefficient (Wildman–Crippen LogP) is 3.39. The van der Waals surface area contributed by atoms with Gasteiger partial charge in [0.15, 0.2) is 5.82 Å². The van der Waals surface area contributed by atoms with Gasteiger partial charge in [-0.25, -0.2) is 4.98 Å². The molecule has 5 nitrogen and oxygen atoms in total. The molecule has 2 rings (SSSR count). The van der Waals surface area contributed by atoms with Gasteiger partial charge in [-0.15, -0.1) is 0 Å². The van der Waals surface area contributed by atoms with Crippen LogP contribution >= 0.6 is 0 Å². The molecule has 1 heterocycles. The molecule has 1 aromatic rings. The molecule has 0 aromatic carbocycles. The van der Waals surface area contributed by atoms with Crippen LogP contribution in [0.1, 0.15) is 52.3 Å². The maximum absolute atomic E-state index is 6.19. The van der Waals surface area contributed by atoms with Gasteiger partial charge in [0.05, 0.1) is 6.61 Å². The van der Waals surface area contributed by atoms with Gasteiger partial charge in [0.1, 0.15) is 11.5 Å². The number of anilines is 2. The summed E-state index contributed by atoms with van der Waals surface area (Å²) in [7, 11) is 0. The Morgan fingerprint density at radius 2 is 2.00 bits per heavy atom. The van der Waals surface area contributed by atoms with Gasteiger partial charge in [0.25, 0.3) is 0 Å². The van der Waals surface area contributed by atoms with Gasteiger partial charge < -0.3 is 15.8 Å². The summed E-state index contributed by atoms with van der Waals surface area (Å²) in [5.74, 6) is 3.00. The number of nitrogens with zero attached hydrogens (tertiary/aromatic N) is 2. The Bertz CT molecular complexity index is 476. The van der Waals surface area contributed by atoms with Crippen molar-refractivity contribution >= 4 is 11.5 Å². The lowest BCUT2D eigenvalue weighted by Gasteiger charge is -2.30.